The van der Waals surface area contributed by atoms with Crippen molar-refractivity contribution in [3.8, 4) is 0 Å². The van der Waals surface area contributed by atoms with E-state index >= 15 is 0 Å². The van der Waals surface area contributed by atoms with E-state index in [2.05, 4.69) is 0 Å². The maximum absolute atomic E-state index is 13.4. The standard InChI is InChI=1S/C19H18N2O3/c1-20(2)21-16(22)12-18(13-8-4-3-5-9-13)17(23)14-10-6-7-11-15(14)19(18,21)24/h3-11,24H,12H2,1-2H3/t18-,19-/m1/s1. The predicted molar refractivity (Wildman–Crippen MR) is 87.9 cm³/mol. The van der Waals surface area contributed by atoms with Gasteiger partial charge < -0.3 is 5.11 Å². The molecule has 1 amide bonds. The zero-order valence-corrected chi connectivity index (χ0v) is 13.6. The third kappa shape index (κ3) is 1.51. The molecule has 1 N–H and O–H groups in total. The largest absolute Gasteiger partial charge is 0.365 e. The number of ketones is 1. The fourth-order valence-corrected chi connectivity index (χ4v) is 4.25. The third-order valence-corrected chi connectivity index (χ3v) is 5.16. The number of fused-ring (bicyclic) bond motifs is 3. The third-order valence-electron chi connectivity index (χ3n) is 5.16. The van der Waals surface area contributed by atoms with Gasteiger partial charge in [0.15, 0.2) is 11.5 Å². The van der Waals surface area contributed by atoms with Crippen LogP contribution in [0.1, 0.15) is 27.9 Å². The number of rotatable bonds is 2. The molecule has 1 heterocycles. The van der Waals surface area contributed by atoms with Crippen LogP contribution >= 0.6 is 0 Å². The molecule has 5 heteroatoms. The molecule has 0 saturated carbocycles. The van der Waals surface area contributed by atoms with E-state index in [1.807, 2.05) is 18.2 Å². The minimum atomic E-state index is -1.72. The monoisotopic (exact) mass is 322 g/mol. The van der Waals surface area contributed by atoms with Crippen LogP contribution in [0, 0.1) is 0 Å². The number of hydrazine groups is 1. The first kappa shape index (κ1) is 15.1. The maximum Gasteiger partial charge on any atom is 0.241 e. The second kappa shape index (κ2) is 4.75. The molecular formula is C19H18N2O3. The van der Waals surface area contributed by atoms with Crippen LogP contribution in [-0.2, 0) is 15.9 Å². The van der Waals surface area contributed by atoms with E-state index in [0.29, 0.717) is 16.7 Å². The number of amides is 1. The van der Waals surface area contributed by atoms with E-state index in [1.54, 1.807) is 55.5 Å². The van der Waals surface area contributed by atoms with Crippen LogP contribution in [0.15, 0.2) is 54.6 Å². The summed E-state index contributed by atoms with van der Waals surface area (Å²) in [6.45, 7) is 0. The van der Waals surface area contributed by atoms with E-state index in [4.69, 9.17) is 0 Å². The summed E-state index contributed by atoms with van der Waals surface area (Å²) in [7, 11) is 3.39. The van der Waals surface area contributed by atoms with Gasteiger partial charge in [-0.1, -0.05) is 54.6 Å². The topological polar surface area (TPSA) is 60.9 Å². The van der Waals surface area contributed by atoms with Gasteiger partial charge in [-0.25, -0.2) is 10.0 Å². The molecular weight excluding hydrogens is 304 g/mol. The molecule has 0 radical (unpaired) electrons. The molecule has 2 aromatic rings. The van der Waals surface area contributed by atoms with Crippen LogP contribution in [0.2, 0.25) is 0 Å². The Morgan fingerprint density at radius 1 is 1.00 bits per heavy atom. The van der Waals surface area contributed by atoms with E-state index < -0.39 is 11.1 Å². The SMILES string of the molecule is CN(C)N1C(=O)C[C@@]2(c3ccccc3)C(=O)c3ccccc3[C@]12O. The van der Waals surface area contributed by atoms with Gasteiger partial charge in [0.1, 0.15) is 5.41 Å². The zero-order chi connectivity index (χ0) is 17.1. The lowest BCUT2D eigenvalue weighted by atomic mass is 9.71. The molecule has 1 saturated heterocycles. The Morgan fingerprint density at radius 2 is 1.62 bits per heavy atom. The first-order valence-corrected chi connectivity index (χ1v) is 7.87. The van der Waals surface area contributed by atoms with Crippen molar-refractivity contribution in [3.05, 3.63) is 71.3 Å². The first-order valence-electron chi connectivity index (χ1n) is 7.87. The highest BCUT2D eigenvalue weighted by atomic mass is 16.3. The van der Waals surface area contributed by atoms with Gasteiger partial charge in [-0.3, -0.25) is 9.59 Å². The molecule has 122 valence electrons. The molecule has 0 aromatic heterocycles. The van der Waals surface area contributed by atoms with Gasteiger partial charge in [0.05, 0.1) is 6.42 Å². The Kier molecular flexibility index (Phi) is 2.98. The summed E-state index contributed by atoms with van der Waals surface area (Å²) in [4.78, 5) is 26.1. The number of aliphatic hydroxyl groups is 1. The van der Waals surface area contributed by atoms with Crippen molar-refractivity contribution in [2.45, 2.75) is 17.6 Å². The number of benzene rings is 2. The number of Topliss-reactive ketones (excluding diaryl/α,β-unsaturated/α-hetero) is 1. The lowest BCUT2D eigenvalue weighted by Crippen LogP contribution is -2.57. The van der Waals surface area contributed by atoms with Gasteiger partial charge in [-0.05, 0) is 5.56 Å². The van der Waals surface area contributed by atoms with Crippen molar-refractivity contribution in [2.75, 3.05) is 14.1 Å². The lowest BCUT2D eigenvalue weighted by molar-refractivity contribution is -0.200. The van der Waals surface area contributed by atoms with E-state index in [9.17, 15) is 14.7 Å². The summed E-state index contributed by atoms with van der Waals surface area (Å²) in [6, 6.07) is 16.1. The predicted octanol–water partition coefficient (Wildman–Crippen LogP) is 1.67. The maximum atomic E-state index is 13.4. The van der Waals surface area contributed by atoms with Crippen LogP contribution < -0.4 is 0 Å². The fraction of sp³-hybridized carbons (Fsp3) is 0.263. The molecule has 0 spiro atoms. The molecule has 2 atom stereocenters. The number of nitrogens with zero attached hydrogens (tertiary/aromatic N) is 2. The number of carbonyl (C=O) groups excluding carboxylic acids is 2. The van der Waals surface area contributed by atoms with Crippen LogP contribution in [0.3, 0.4) is 0 Å². The van der Waals surface area contributed by atoms with Crippen LogP contribution in [0.25, 0.3) is 0 Å². The zero-order valence-electron chi connectivity index (χ0n) is 13.6. The average Bonchev–Trinajstić information content (AvgIpc) is 2.93. The smallest absolute Gasteiger partial charge is 0.241 e. The molecule has 1 fully saturated rings. The van der Waals surface area contributed by atoms with Crippen molar-refractivity contribution >= 4 is 11.7 Å². The molecule has 2 aliphatic rings. The van der Waals surface area contributed by atoms with Gasteiger partial charge in [0.2, 0.25) is 5.91 Å². The van der Waals surface area contributed by atoms with Crippen LogP contribution in [0.5, 0.6) is 0 Å². The Hall–Kier alpha value is -2.50. The van der Waals surface area contributed by atoms with Gasteiger partial charge in [-0.15, -0.1) is 0 Å². The Bertz CT molecular complexity index is 849. The minimum absolute atomic E-state index is 0.0563. The summed E-state index contributed by atoms with van der Waals surface area (Å²) in [5.41, 5.74) is -1.42. The number of carbonyl (C=O) groups is 2. The molecule has 0 bridgehead atoms. The number of hydrogen-bond acceptors (Lipinski definition) is 4. The van der Waals surface area contributed by atoms with Crippen molar-refractivity contribution in [3.63, 3.8) is 0 Å². The normalized spacial score (nSPS) is 28.4. The molecule has 0 unspecified atom stereocenters. The lowest BCUT2D eigenvalue weighted by Gasteiger charge is -2.42. The second-order valence-corrected chi connectivity index (χ2v) is 6.55. The van der Waals surface area contributed by atoms with Gasteiger partial charge in [0.25, 0.3) is 0 Å². The summed E-state index contributed by atoms with van der Waals surface area (Å²) in [6.07, 6.45) is -0.0563. The minimum Gasteiger partial charge on any atom is -0.365 e. The van der Waals surface area contributed by atoms with E-state index in [0.717, 1.165) is 0 Å². The van der Waals surface area contributed by atoms with Gasteiger partial charge >= 0.3 is 0 Å². The summed E-state index contributed by atoms with van der Waals surface area (Å²) in [5.74, 6) is -0.473. The van der Waals surface area contributed by atoms with Gasteiger partial charge in [0, 0.05) is 25.2 Å². The van der Waals surface area contributed by atoms with Gasteiger partial charge in [-0.2, -0.15) is 0 Å². The molecule has 1 aliphatic carbocycles. The van der Waals surface area contributed by atoms with E-state index in [-0.39, 0.29) is 18.1 Å². The molecule has 1 aliphatic heterocycles. The molecule has 24 heavy (non-hydrogen) atoms. The number of hydrogen-bond donors (Lipinski definition) is 1. The van der Waals surface area contributed by atoms with Crippen molar-refractivity contribution in [2.24, 2.45) is 0 Å². The molecule has 5 nitrogen and oxygen atoms in total. The quantitative estimate of drug-likeness (QED) is 0.914. The van der Waals surface area contributed by atoms with Crippen molar-refractivity contribution < 1.29 is 14.7 Å². The summed E-state index contributed by atoms with van der Waals surface area (Å²) in [5, 5.41) is 14.7. The van der Waals surface area contributed by atoms with Crippen LogP contribution in [0.4, 0.5) is 0 Å². The highest BCUT2D eigenvalue weighted by Gasteiger charge is 2.73. The van der Waals surface area contributed by atoms with Crippen LogP contribution in [-0.4, -0.2) is 40.9 Å². The van der Waals surface area contributed by atoms with E-state index in [1.165, 1.54) is 5.01 Å². The average molecular weight is 322 g/mol. The Morgan fingerprint density at radius 3 is 2.29 bits per heavy atom. The van der Waals surface area contributed by atoms with Crippen molar-refractivity contribution in [1.82, 2.24) is 10.0 Å². The highest BCUT2D eigenvalue weighted by Crippen LogP contribution is 2.59. The summed E-state index contributed by atoms with van der Waals surface area (Å²) < 4.78 is 0. The highest BCUT2D eigenvalue weighted by molar-refractivity contribution is 6.14. The Balaban J connectivity index is 2.09. The first-order chi connectivity index (χ1) is 11.4. The molecule has 2 aromatic carbocycles. The second-order valence-electron chi connectivity index (χ2n) is 6.55. The summed E-state index contributed by atoms with van der Waals surface area (Å²) >= 11 is 0. The van der Waals surface area contributed by atoms with Crippen molar-refractivity contribution in [1.29, 1.82) is 0 Å². The molecule has 4 rings (SSSR count). The Labute approximate surface area is 140 Å². The fourth-order valence-electron chi connectivity index (χ4n) is 4.25.